The Kier molecular flexibility index (Phi) is 5.21. The van der Waals surface area contributed by atoms with Crippen molar-refractivity contribution in [3.8, 4) is 0 Å². The number of amides is 1. The number of halogens is 1. The molecule has 0 fully saturated rings. The molecule has 118 valence electrons. The summed E-state index contributed by atoms with van der Waals surface area (Å²) in [5.74, 6) is -0.317. The second kappa shape index (κ2) is 6.94. The van der Waals surface area contributed by atoms with Crippen LogP contribution in [0.25, 0.3) is 0 Å². The van der Waals surface area contributed by atoms with Gasteiger partial charge in [0, 0.05) is 13.6 Å². The monoisotopic (exact) mass is 321 g/mol. The van der Waals surface area contributed by atoms with Crippen molar-refractivity contribution in [1.29, 1.82) is 0 Å². The summed E-state index contributed by atoms with van der Waals surface area (Å²) in [6.07, 6.45) is -0.144. The molecule has 6 heteroatoms. The van der Waals surface area contributed by atoms with E-state index >= 15 is 0 Å². The van der Waals surface area contributed by atoms with Crippen molar-refractivity contribution >= 4 is 17.5 Å². The van der Waals surface area contributed by atoms with Gasteiger partial charge < -0.3 is 10.4 Å². The zero-order valence-corrected chi connectivity index (χ0v) is 13.7. The fraction of sp³-hybridized carbons (Fsp3) is 0.375. The molecule has 1 unspecified atom stereocenters. The molecular formula is C16H20ClN3O2. The van der Waals surface area contributed by atoms with Crippen LogP contribution in [0.4, 0.5) is 0 Å². The molecule has 0 aliphatic rings. The number of aliphatic hydroxyl groups is 1. The first kappa shape index (κ1) is 16.5. The van der Waals surface area contributed by atoms with Crippen LogP contribution >= 0.6 is 11.6 Å². The van der Waals surface area contributed by atoms with Gasteiger partial charge in [0.15, 0.2) is 0 Å². The molecule has 0 spiro atoms. The van der Waals surface area contributed by atoms with Crippen molar-refractivity contribution < 1.29 is 9.90 Å². The number of nitrogens with zero attached hydrogens (tertiary/aromatic N) is 2. The maximum atomic E-state index is 12.3. The van der Waals surface area contributed by atoms with Gasteiger partial charge in [-0.25, -0.2) is 0 Å². The van der Waals surface area contributed by atoms with Crippen LogP contribution < -0.4 is 5.32 Å². The number of nitrogens with one attached hydrogen (secondary N) is 1. The molecule has 2 N–H and O–H groups in total. The largest absolute Gasteiger partial charge is 0.387 e. The lowest BCUT2D eigenvalue weighted by Crippen LogP contribution is -2.29. The Morgan fingerprint density at radius 1 is 1.45 bits per heavy atom. The van der Waals surface area contributed by atoms with E-state index in [-0.39, 0.29) is 12.5 Å². The number of carbonyl (C=O) groups is 1. The average molecular weight is 322 g/mol. The Balaban J connectivity index is 2.09. The van der Waals surface area contributed by atoms with Crippen molar-refractivity contribution in [2.45, 2.75) is 26.4 Å². The van der Waals surface area contributed by atoms with Gasteiger partial charge in [-0.2, -0.15) is 5.10 Å². The number of rotatable bonds is 5. The molecule has 1 aromatic carbocycles. The summed E-state index contributed by atoms with van der Waals surface area (Å²) in [7, 11) is 1.69. The highest BCUT2D eigenvalue weighted by Crippen LogP contribution is 2.20. The molecule has 22 heavy (non-hydrogen) atoms. The average Bonchev–Trinajstić information content (AvgIpc) is 2.80. The van der Waals surface area contributed by atoms with Crippen molar-refractivity contribution in [3.05, 3.63) is 51.8 Å². The standard InChI is InChI=1S/C16H20ClN3O2/c1-4-12-14(15(17)20(3)19-12)16(22)18-9-13(21)11-8-6-5-7-10(11)2/h5-8,13,21H,4,9H2,1-3H3,(H,18,22). The summed E-state index contributed by atoms with van der Waals surface area (Å²) in [5, 5.41) is 17.5. The second-order valence-electron chi connectivity index (χ2n) is 5.17. The number of hydrogen-bond acceptors (Lipinski definition) is 3. The number of aryl methyl sites for hydroxylation is 3. The maximum Gasteiger partial charge on any atom is 0.256 e. The maximum absolute atomic E-state index is 12.3. The highest BCUT2D eigenvalue weighted by Gasteiger charge is 2.21. The van der Waals surface area contributed by atoms with Crippen LogP contribution in [-0.4, -0.2) is 27.3 Å². The Labute approximate surface area is 134 Å². The van der Waals surface area contributed by atoms with Crippen LogP contribution in [0.1, 0.15) is 40.2 Å². The van der Waals surface area contributed by atoms with Crippen molar-refractivity contribution in [2.75, 3.05) is 6.54 Å². The molecule has 0 saturated carbocycles. The number of carbonyl (C=O) groups excluding carboxylic acids is 1. The molecule has 0 radical (unpaired) electrons. The van der Waals surface area contributed by atoms with Crippen LogP contribution in [0.3, 0.4) is 0 Å². The van der Waals surface area contributed by atoms with E-state index in [2.05, 4.69) is 10.4 Å². The van der Waals surface area contributed by atoms with Gasteiger partial charge in [0.2, 0.25) is 0 Å². The molecule has 1 amide bonds. The first-order valence-corrected chi connectivity index (χ1v) is 7.56. The van der Waals surface area contributed by atoms with Crippen LogP contribution in [0, 0.1) is 6.92 Å². The van der Waals surface area contributed by atoms with Gasteiger partial charge in [0.1, 0.15) is 5.15 Å². The SMILES string of the molecule is CCc1nn(C)c(Cl)c1C(=O)NCC(O)c1ccccc1C. The summed E-state index contributed by atoms with van der Waals surface area (Å²) in [6.45, 7) is 3.96. The van der Waals surface area contributed by atoms with Gasteiger partial charge in [-0.05, 0) is 24.5 Å². The molecule has 2 aromatic rings. The van der Waals surface area contributed by atoms with Crippen molar-refractivity contribution in [2.24, 2.45) is 7.05 Å². The second-order valence-corrected chi connectivity index (χ2v) is 5.53. The third kappa shape index (κ3) is 3.31. The summed E-state index contributed by atoms with van der Waals surface area (Å²) < 4.78 is 1.48. The highest BCUT2D eigenvalue weighted by molar-refractivity contribution is 6.33. The molecule has 0 saturated heterocycles. The normalized spacial score (nSPS) is 12.2. The zero-order chi connectivity index (χ0) is 16.3. The summed E-state index contributed by atoms with van der Waals surface area (Å²) >= 11 is 6.12. The minimum Gasteiger partial charge on any atom is -0.387 e. The lowest BCUT2D eigenvalue weighted by molar-refractivity contribution is 0.0915. The Hall–Kier alpha value is -1.85. The number of aromatic nitrogens is 2. The van der Waals surface area contributed by atoms with Gasteiger partial charge in [-0.1, -0.05) is 42.8 Å². The lowest BCUT2D eigenvalue weighted by atomic mass is 10.0. The number of hydrogen-bond donors (Lipinski definition) is 2. The van der Waals surface area contributed by atoms with Crippen molar-refractivity contribution in [1.82, 2.24) is 15.1 Å². The molecule has 1 atom stereocenters. The molecule has 5 nitrogen and oxygen atoms in total. The van der Waals surface area contributed by atoms with Crippen molar-refractivity contribution in [3.63, 3.8) is 0 Å². The van der Waals surface area contributed by atoms with Crippen LogP contribution in [-0.2, 0) is 13.5 Å². The minimum absolute atomic E-state index is 0.123. The van der Waals surface area contributed by atoms with E-state index in [1.807, 2.05) is 38.1 Å². The Bertz CT molecular complexity index is 682. The lowest BCUT2D eigenvalue weighted by Gasteiger charge is -2.14. The van der Waals surface area contributed by atoms with Crippen LogP contribution in [0.5, 0.6) is 0 Å². The van der Waals surface area contributed by atoms with E-state index in [0.29, 0.717) is 22.8 Å². The van der Waals surface area contributed by atoms with E-state index < -0.39 is 6.10 Å². The summed E-state index contributed by atoms with van der Waals surface area (Å²) in [6, 6.07) is 7.54. The smallest absolute Gasteiger partial charge is 0.256 e. The number of aliphatic hydroxyl groups excluding tert-OH is 1. The minimum atomic E-state index is -0.759. The fourth-order valence-electron chi connectivity index (χ4n) is 2.38. The molecular weight excluding hydrogens is 302 g/mol. The Morgan fingerprint density at radius 2 is 2.14 bits per heavy atom. The summed E-state index contributed by atoms with van der Waals surface area (Å²) in [5.41, 5.74) is 2.81. The summed E-state index contributed by atoms with van der Waals surface area (Å²) in [4.78, 5) is 12.3. The van der Waals surface area contributed by atoms with E-state index in [1.54, 1.807) is 7.05 Å². The molecule has 0 aliphatic carbocycles. The topological polar surface area (TPSA) is 67.2 Å². The van der Waals surface area contributed by atoms with Gasteiger partial charge in [-0.15, -0.1) is 0 Å². The predicted octanol–water partition coefficient (Wildman–Crippen LogP) is 2.41. The van der Waals surface area contributed by atoms with Gasteiger partial charge >= 0.3 is 0 Å². The van der Waals surface area contributed by atoms with E-state index in [0.717, 1.165) is 11.1 Å². The molecule has 2 rings (SSSR count). The van der Waals surface area contributed by atoms with Gasteiger partial charge in [0.25, 0.3) is 5.91 Å². The van der Waals surface area contributed by atoms with Gasteiger partial charge in [-0.3, -0.25) is 9.48 Å². The molecule has 0 bridgehead atoms. The van der Waals surface area contributed by atoms with E-state index in [1.165, 1.54) is 4.68 Å². The quantitative estimate of drug-likeness (QED) is 0.888. The highest BCUT2D eigenvalue weighted by atomic mass is 35.5. The van der Waals surface area contributed by atoms with E-state index in [9.17, 15) is 9.90 Å². The van der Waals surface area contributed by atoms with Crippen LogP contribution in [0.2, 0.25) is 5.15 Å². The molecule has 1 heterocycles. The predicted molar refractivity (Wildman–Crippen MR) is 86.1 cm³/mol. The third-order valence-electron chi connectivity index (χ3n) is 3.62. The third-order valence-corrected chi connectivity index (χ3v) is 4.05. The van der Waals surface area contributed by atoms with E-state index in [4.69, 9.17) is 11.6 Å². The molecule has 1 aromatic heterocycles. The first-order valence-electron chi connectivity index (χ1n) is 7.18. The first-order chi connectivity index (χ1) is 10.5. The fourth-order valence-corrected chi connectivity index (χ4v) is 2.61. The molecule has 0 aliphatic heterocycles. The van der Waals surface area contributed by atoms with Gasteiger partial charge in [0.05, 0.1) is 17.4 Å². The zero-order valence-electron chi connectivity index (χ0n) is 12.9. The number of benzene rings is 1. The van der Waals surface area contributed by atoms with Crippen LogP contribution in [0.15, 0.2) is 24.3 Å². The Morgan fingerprint density at radius 3 is 2.77 bits per heavy atom.